The van der Waals surface area contributed by atoms with Crippen molar-refractivity contribution in [2.24, 2.45) is 0 Å². The molecule has 1 aromatic heterocycles. The van der Waals surface area contributed by atoms with E-state index in [0.717, 1.165) is 11.1 Å². The minimum absolute atomic E-state index is 0.109. The summed E-state index contributed by atoms with van der Waals surface area (Å²) in [5, 5.41) is 13.7. The third kappa shape index (κ3) is 4.61. The first kappa shape index (κ1) is 18.0. The number of amides is 1. The number of aromatic nitrogens is 1. The van der Waals surface area contributed by atoms with E-state index in [1.54, 1.807) is 30.6 Å². The number of phenols is 1. The largest absolute Gasteiger partial charge is 0.508 e. The van der Waals surface area contributed by atoms with Crippen LogP contribution in [-0.2, 0) is 11.3 Å². The number of carbonyl (C=O) groups is 1. The molecule has 4 nitrogen and oxygen atoms in total. The molecule has 0 saturated carbocycles. The summed E-state index contributed by atoms with van der Waals surface area (Å²) in [6, 6.07) is 18.3. The summed E-state index contributed by atoms with van der Waals surface area (Å²) < 4.78 is 0. The molecule has 132 valence electrons. The molecular weight excluding hydrogens is 348 g/mol. The Labute approximate surface area is 157 Å². The topological polar surface area (TPSA) is 62.2 Å². The Morgan fingerprint density at radius 2 is 1.92 bits per heavy atom. The van der Waals surface area contributed by atoms with E-state index in [-0.39, 0.29) is 24.0 Å². The first-order valence-corrected chi connectivity index (χ1v) is 8.70. The van der Waals surface area contributed by atoms with Crippen LogP contribution in [0, 0.1) is 0 Å². The Bertz CT molecular complexity index is 870. The number of benzene rings is 2. The van der Waals surface area contributed by atoms with E-state index in [2.05, 4.69) is 10.3 Å². The molecule has 0 aliphatic rings. The molecule has 0 radical (unpaired) electrons. The van der Waals surface area contributed by atoms with Gasteiger partial charge in [-0.1, -0.05) is 48.0 Å². The van der Waals surface area contributed by atoms with Gasteiger partial charge in [-0.15, -0.1) is 0 Å². The lowest BCUT2D eigenvalue weighted by molar-refractivity contribution is -0.121. The van der Waals surface area contributed by atoms with Crippen molar-refractivity contribution in [3.8, 4) is 5.75 Å². The molecule has 1 amide bonds. The summed E-state index contributed by atoms with van der Waals surface area (Å²) in [4.78, 5) is 16.6. The van der Waals surface area contributed by atoms with Gasteiger partial charge >= 0.3 is 0 Å². The molecule has 26 heavy (non-hydrogen) atoms. The lowest BCUT2D eigenvalue weighted by Gasteiger charge is -2.19. The Morgan fingerprint density at radius 1 is 1.12 bits per heavy atom. The van der Waals surface area contributed by atoms with Gasteiger partial charge in [0.2, 0.25) is 5.91 Å². The average Bonchev–Trinajstić information content (AvgIpc) is 2.68. The van der Waals surface area contributed by atoms with Gasteiger partial charge in [0.25, 0.3) is 0 Å². The van der Waals surface area contributed by atoms with Crippen molar-refractivity contribution in [3.05, 3.63) is 94.8 Å². The van der Waals surface area contributed by atoms with Gasteiger partial charge < -0.3 is 10.4 Å². The van der Waals surface area contributed by atoms with Gasteiger partial charge in [-0.25, -0.2) is 0 Å². The molecule has 0 fully saturated rings. The minimum atomic E-state index is -0.288. The van der Waals surface area contributed by atoms with Crippen LogP contribution >= 0.6 is 11.6 Å². The Hall–Kier alpha value is -2.85. The third-order valence-corrected chi connectivity index (χ3v) is 4.40. The summed E-state index contributed by atoms with van der Waals surface area (Å²) in [7, 11) is 0. The monoisotopic (exact) mass is 366 g/mol. The first-order chi connectivity index (χ1) is 12.6. The van der Waals surface area contributed by atoms with Crippen LogP contribution < -0.4 is 5.32 Å². The first-order valence-electron chi connectivity index (χ1n) is 8.32. The van der Waals surface area contributed by atoms with Gasteiger partial charge in [0, 0.05) is 41.9 Å². The van der Waals surface area contributed by atoms with E-state index in [1.807, 2.05) is 42.5 Å². The van der Waals surface area contributed by atoms with E-state index in [0.29, 0.717) is 17.1 Å². The van der Waals surface area contributed by atoms with Crippen LogP contribution in [0.25, 0.3) is 0 Å². The highest BCUT2D eigenvalue weighted by Crippen LogP contribution is 2.35. The molecule has 0 spiro atoms. The lowest BCUT2D eigenvalue weighted by Crippen LogP contribution is -2.25. The van der Waals surface area contributed by atoms with Crippen molar-refractivity contribution in [1.29, 1.82) is 0 Å². The number of carbonyl (C=O) groups excluding carboxylic acids is 1. The van der Waals surface area contributed by atoms with E-state index < -0.39 is 0 Å². The van der Waals surface area contributed by atoms with Gasteiger partial charge in [0.15, 0.2) is 0 Å². The third-order valence-electron chi connectivity index (χ3n) is 4.17. The molecule has 5 heteroatoms. The van der Waals surface area contributed by atoms with Crippen molar-refractivity contribution in [2.75, 3.05) is 0 Å². The Balaban J connectivity index is 1.80. The summed E-state index contributed by atoms with van der Waals surface area (Å²) >= 11 is 6.11. The second kappa shape index (κ2) is 8.50. The SMILES string of the molecule is O=C(C[C@@H](c1ccccc1)c1cc(Cl)ccc1O)NCc1cccnc1. The molecule has 1 heterocycles. The molecule has 0 aliphatic carbocycles. The van der Waals surface area contributed by atoms with Crippen LogP contribution in [0.3, 0.4) is 0 Å². The number of nitrogens with zero attached hydrogens (tertiary/aromatic N) is 1. The second-order valence-corrected chi connectivity index (χ2v) is 6.44. The summed E-state index contributed by atoms with van der Waals surface area (Å²) in [5.41, 5.74) is 2.52. The quantitative estimate of drug-likeness (QED) is 0.684. The highest BCUT2D eigenvalue weighted by atomic mass is 35.5. The molecule has 0 bridgehead atoms. The number of hydrogen-bond acceptors (Lipinski definition) is 3. The normalized spacial score (nSPS) is 11.7. The summed E-state index contributed by atoms with van der Waals surface area (Å²) in [6.45, 7) is 0.412. The zero-order valence-corrected chi connectivity index (χ0v) is 14.9. The number of phenolic OH excluding ortho intramolecular Hbond substituents is 1. The highest BCUT2D eigenvalue weighted by molar-refractivity contribution is 6.30. The smallest absolute Gasteiger partial charge is 0.221 e. The predicted molar refractivity (Wildman–Crippen MR) is 102 cm³/mol. The van der Waals surface area contributed by atoms with Crippen molar-refractivity contribution in [2.45, 2.75) is 18.9 Å². The molecule has 3 rings (SSSR count). The maximum absolute atomic E-state index is 12.5. The average molecular weight is 367 g/mol. The number of hydrogen-bond donors (Lipinski definition) is 2. The van der Waals surface area contributed by atoms with Gasteiger partial charge in [0.05, 0.1) is 0 Å². The van der Waals surface area contributed by atoms with Crippen LogP contribution in [0.5, 0.6) is 5.75 Å². The van der Waals surface area contributed by atoms with Crippen LogP contribution in [0.15, 0.2) is 73.1 Å². The van der Waals surface area contributed by atoms with Gasteiger partial charge in [0.1, 0.15) is 5.75 Å². The van der Waals surface area contributed by atoms with Crippen molar-refractivity contribution >= 4 is 17.5 Å². The summed E-state index contributed by atoms with van der Waals surface area (Å²) in [5.74, 6) is -0.269. The van der Waals surface area contributed by atoms with Gasteiger partial charge in [-0.05, 0) is 35.4 Å². The van der Waals surface area contributed by atoms with E-state index in [1.165, 1.54) is 0 Å². The fourth-order valence-corrected chi connectivity index (χ4v) is 3.04. The number of aromatic hydroxyl groups is 1. The van der Waals surface area contributed by atoms with Gasteiger partial charge in [-0.3, -0.25) is 9.78 Å². The van der Waals surface area contributed by atoms with Crippen molar-refractivity contribution in [1.82, 2.24) is 10.3 Å². The number of nitrogens with one attached hydrogen (secondary N) is 1. The van der Waals surface area contributed by atoms with Crippen LogP contribution in [0.4, 0.5) is 0 Å². The number of rotatable bonds is 6. The summed E-state index contributed by atoms with van der Waals surface area (Å²) in [6.07, 6.45) is 3.62. The fraction of sp³-hybridized carbons (Fsp3) is 0.143. The van der Waals surface area contributed by atoms with Crippen LogP contribution in [-0.4, -0.2) is 16.0 Å². The zero-order valence-electron chi connectivity index (χ0n) is 14.1. The molecule has 1 atom stereocenters. The van der Waals surface area contributed by atoms with E-state index >= 15 is 0 Å². The highest BCUT2D eigenvalue weighted by Gasteiger charge is 2.21. The maximum Gasteiger partial charge on any atom is 0.221 e. The Kier molecular flexibility index (Phi) is 5.87. The molecule has 0 aliphatic heterocycles. The predicted octanol–water partition coefficient (Wildman–Crippen LogP) is 4.28. The van der Waals surface area contributed by atoms with Crippen LogP contribution in [0.2, 0.25) is 5.02 Å². The molecule has 2 N–H and O–H groups in total. The molecular formula is C21H19ClN2O2. The standard InChI is InChI=1S/C21H19ClN2O2/c22-17-8-9-20(25)19(11-17)18(16-6-2-1-3-7-16)12-21(26)24-14-15-5-4-10-23-13-15/h1-11,13,18,25H,12,14H2,(H,24,26)/t18-/m0/s1. The van der Waals surface area contributed by atoms with E-state index in [4.69, 9.17) is 11.6 Å². The molecule has 0 saturated heterocycles. The molecule has 2 aromatic carbocycles. The number of halogens is 1. The fourth-order valence-electron chi connectivity index (χ4n) is 2.86. The van der Waals surface area contributed by atoms with Crippen molar-refractivity contribution in [3.63, 3.8) is 0 Å². The second-order valence-electron chi connectivity index (χ2n) is 6.01. The lowest BCUT2D eigenvalue weighted by atomic mass is 9.87. The molecule has 0 unspecified atom stereocenters. The maximum atomic E-state index is 12.5. The zero-order chi connectivity index (χ0) is 18.4. The van der Waals surface area contributed by atoms with Crippen LogP contribution in [0.1, 0.15) is 29.0 Å². The number of pyridine rings is 1. The minimum Gasteiger partial charge on any atom is -0.508 e. The van der Waals surface area contributed by atoms with Gasteiger partial charge in [-0.2, -0.15) is 0 Å². The van der Waals surface area contributed by atoms with Crippen molar-refractivity contribution < 1.29 is 9.90 Å². The molecule has 3 aromatic rings. The Morgan fingerprint density at radius 3 is 2.65 bits per heavy atom. The van der Waals surface area contributed by atoms with E-state index in [9.17, 15) is 9.90 Å².